The zero-order valence-electron chi connectivity index (χ0n) is 12.4. The number of amides is 1. The molecule has 1 rings (SSSR count). The molecular formula is C15H22N2O3. The molecule has 0 bridgehead atoms. The number of nitrogens with two attached hydrogens (primary N) is 1. The Labute approximate surface area is 119 Å². The molecule has 0 aliphatic rings. The van der Waals surface area contributed by atoms with Crippen LogP contribution in [0.4, 0.5) is 11.4 Å². The summed E-state index contributed by atoms with van der Waals surface area (Å²) in [5.41, 5.74) is 6.75. The predicted molar refractivity (Wildman–Crippen MR) is 79.9 cm³/mol. The maximum atomic E-state index is 12.3. The molecule has 1 amide bonds. The largest absolute Gasteiger partial charge is 0.478 e. The van der Waals surface area contributed by atoms with E-state index in [0.29, 0.717) is 24.3 Å². The molecule has 3 N–H and O–H groups in total. The van der Waals surface area contributed by atoms with Crippen LogP contribution in [-0.4, -0.2) is 23.5 Å². The minimum Gasteiger partial charge on any atom is -0.478 e. The molecular weight excluding hydrogens is 256 g/mol. The molecule has 0 aliphatic heterocycles. The van der Waals surface area contributed by atoms with Crippen LogP contribution in [0.1, 0.15) is 44.5 Å². The quantitative estimate of drug-likeness (QED) is 0.829. The zero-order valence-corrected chi connectivity index (χ0v) is 12.4. The lowest BCUT2D eigenvalue weighted by Crippen LogP contribution is -2.34. The smallest absolute Gasteiger partial charge is 0.335 e. The summed E-state index contributed by atoms with van der Waals surface area (Å²) in [5, 5.41) is 8.92. The van der Waals surface area contributed by atoms with Gasteiger partial charge in [-0.05, 0) is 30.5 Å². The van der Waals surface area contributed by atoms with E-state index in [-0.39, 0.29) is 16.9 Å². The topological polar surface area (TPSA) is 83.6 Å². The lowest BCUT2D eigenvalue weighted by Gasteiger charge is -2.26. The Kier molecular flexibility index (Phi) is 4.76. The first-order valence-corrected chi connectivity index (χ1v) is 6.59. The van der Waals surface area contributed by atoms with Gasteiger partial charge >= 0.3 is 5.97 Å². The summed E-state index contributed by atoms with van der Waals surface area (Å²) >= 11 is 0. The molecule has 0 aromatic heterocycles. The number of rotatable bonds is 4. The van der Waals surface area contributed by atoms with E-state index in [1.807, 2.05) is 27.7 Å². The third kappa shape index (κ3) is 3.98. The van der Waals surface area contributed by atoms with Gasteiger partial charge in [0.05, 0.1) is 16.9 Å². The van der Waals surface area contributed by atoms with E-state index in [0.717, 1.165) is 0 Å². The van der Waals surface area contributed by atoms with Gasteiger partial charge < -0.3 is 15.7 Å². The maximum absolute atomic E-state index is 12.3. The van der Waals surface area contributed by atoms with Crippen molar-refractivity contribution >= 4 is 23.3 Å². The van der Waals surface area contributed by atoms with Crippen LogP contribution in [0.25, 0.3) is 0 Å². The van der Waals surface area contributed by atoms with Gasteiger partial charge in [0.25, 0.3) is 0 Å². The minimum atomic E-state index is -1.03. The van der Waals surface area contributed by atoms with Crippen LogP contribution in [0.2, 0.25) is 0 Å². The molecule has 5 heteroatoms. The highest BCUT2D eigenvalue weighted by Crippen LogP contribution is 2.27. The monoisotopic (exact) mass is 278 g/mol. The maximum Gasteiger partial charge on any atom is 0.335 e. The van der Waals surface area contributed by atoms with Crippen LogP contribution >= 0.6 is 0 Å². The molecule has 110 valence electrons. The van der Waals surface area contributed by atoms with Crippen LogP contribution in [0.5, 0.6) is 0 Å². The molecule has 0 fully saturated rings. The zero-order chi connectivity index (χ0) is 15.5. The SMILES string of the molecule is CCN(C(=O)CC(C)(C)C)c1ccc(C(=O)O)cc1N. The number of carbonyl (C=O) groups is 2. The van der Waals surface area contributed by atoms with Gasteiger partial charge in [-0.15, -0.1) is 0 Å². The Morgan fingerprint density at radius 2 is 1.90 bits per heavy atom. The molecule has 0 heterocycles. The van der Waals surface area contributed by atoms with Gasteiger partial charge in [-0.2, -0.15) is 0 Å². The Morgan fingerprint density at radius 3 is 2.30 bits per heavy atom. The lowest BCUT2D eigenvalue weighted by molar-refractivity contribution is -0.120. The summed E-state index contributed by atoms with van der Waals surface area (Å²) < 4.78 is 0. The van der Waals surface area contributed by atoms with Crippen LogP contribution in [0, 0.1) is 5.41 Å². The second kappa shape index (κ2) is 5.94. The highest BCUT2D eigenvalue weighted by molar-refractivity contribution is 5.98. The summed E-state index contributed by atoms with van der Waals surface area (Å²) in [4.78, 5) is 24.8. The van der Waals surface area contributed by atoms with Crippen molar-refractivity contribution < 1.29 is 14.7 Å². The van der Waals surface area contributed by atoms with Crippen LogP contribution in [0.3, 0.4) is 0 Å². The van der Waals surface area contributed by atoms with Gasteiger partial charge in [-0.25, -0.2) is 4.79 Å². The van der Waals surface area contributed by atoms with E-state index >= 15 is 0 Å². The van der Waals surface area contributed by atoms with E-state index in [1.165, 1.54) is 12.1 Å². The standard InChI is InChI=1S/C15H22N2O3/c1-5-17(13(18)9-15(2,3)4)12-7-6-10(14(19)20)8-11(12)16/h6-8H,5,9,16H2,1-4H3,(H,19,20). The molecule has 0 unspecified atom stereocenters. The molecule has 0 saturated heterocycles. The van der Waals surface area contributed by atoms with E-state index < -0.39 is 5.97 Å². The fraction of sp³-hybridized carbons (Fsp3) is 0.467. The van der Waals surface area contributed by atoms with Gasteiger partial charge in [0.15, 0.2) is 0 Å². The normalized spacial score (nSPS) is 11.2. The van der Waals surface area contributed by atoms with Crippen molar-refractivity contribution in [3.63, 3.8) is 0 Å². The summed E-state index contributed by atoms with van der Waals surface area (Å²) in [7, 11) is 0. The summed E-state index contributed by atoms with van der Waals surface area (Å²) in [6.07, 6.45) is 0.404. The first kappa shape index (κ1) is 16.0. The van der Waals surface area contributed by atoms with Crippen molar-refractivity contribution in [1.82, 2.24) is 0 Å². The predicted octanol–water partition coefficient (Wildman–Crippen LogP) is 2.76. The second-order valence-electron chi connectivity index (χ2n) is 5.95. The molecule has 0 spiro atoms. The molecule has 5 nitrogen and oxygen atoms in total. The second-order valence-corrected chi connectivity index (χ2v) is 5.95. The van der Waals surface area contributed by atoms with Crippen LogP contribution < -0.4 is 10.6 Å². The minimum absolute atomic E-state index is 0.0187. The molecule has 20 heavy (non-hydrogen) atoms. The van der Waals surface area contributed by atoms with Crippen molar-refractivity contribution in [2.45, 2.75) is 34.1 Å². The van der Waals surface area contributed by atoms with Gasteiger partial charge in [-0.1, -0.05) is 20.8 Å². The molecule has 0 aliphatic carbocycles. The van der Waals surface area contributed by atoms with E-state index in [1.54, 1.807) is 11.0 Å². The number of aromatic carboxylic acids is 1. The number of anilines is 2. The summed E-state index contributed by atoms with van der Waals surface area (Å²) in [6.45, 7) is 8.34. The van der Waals surface area contributed by atoms with Crippen molar-refractivity contribution in [1.29, 1.82) is 0 Å². The van der Waals surface area contributed by atoms with Crippen LogP contribution in [0.15, 0.2) is 18.2 Å². The molecule has 0 radical (unpaired) electrons. The fourth-order valence-electron chi connectivity index (χ4n) is 1.96. The van der Waals surface area contributed by atoms with Gasteiger partial charge in [0, 0.05) is 13.0 Å². The first-order valence-electron chi connectivity index (χ1n) is 6.59. The van der Waals surface area contributed by atoms with Gasteiger partial charge in [-0.3, -0.25) is 4.79 Å². The summed E-state index contributed by atoms with van der Waals surface area (Å²) in [6, 6.07) is 4.43. The van der Waals surface area contributed by atoms with Gasteiger partial charge in [0.1, 0.15) is 0 Å². The number of hydrogen-bond donors (Lipinski definition) is 2. The van der Waals surface area contributed by atoms with E-state index in [4.69, 9.17) is 10.8 Å². The average molecular weight is 278 g/mol. The number of hydrogen-bond acceptors (Lipinski definition) is 3. The number of benzene rings is 1. The third-order valence-corrected chi connectivity index (χ3v) is 2.86. The van der Waals surface area contributed by atoms with Crippen LogP contribution in [-0.2, 0) is 4.79 Å². The first-order chi connectivity index (χ1) is 9.15. The number of nitrogen functional groups attached to an aromatic ring is 1. The van der Waals surface area contributed by atoms with Crippen molar-refractivity contribution in [3.8, 4) is 0 Å². The number of carbonyl (C=O) groups excluding carboxylic acids is 1. The molecule has 1 aromatic rings. The number of carboxylic acids is 1. The van der Waals surface area contributed by atoms with Crippen molar-refractivity contribution in [2.75, 3.05) is 17.2 Å². The fourth-order valence-corrected chi connectivity index (χ4v) is 1.96. The average Bonchev–Trinajstić information content (AvgIpc) is 2.29. The Bertz CT molecular complexity index is 518. The van der Waals surface area contributed by atoms with E-state index in [9.17, 15) is 9.59 Å². The van der Waals surface area contributed by atoms with E-state index in [2.05, 4.69) is 0 Å². The van der Waals surface area contributed by atoms with Gasteiger partial charge in [0.2, 0.25) is 5.91 Å². The Hall–Kier alpha value is -2.04. The number of nitrogens with zero attached hydrogens (tertiary/aromatic N) is 1. The van der Waals surface area contributed by atoms with Crippen molar-refractivity contribution in [3.05, 3.63) is 23.8 Å². The Balaban J connectivity index is 3.07. The summed E-state index contributed by atoms with van der Waals surface area (Å²) in [5.74, 6) is -1.05. The Morgan fingerprint density at radius 1 is 1.30 bits per heavy atom. The molecule has 1 aromatic carbocycles. The highest BCUT2D eigenvalue weighted by Gasteiger charge is 2.22. The number of carboxylic acid groups (broad SMARTS) is 1. The van der Waals surface area contributed by atoms with Crippen molar-refractivity contribution in [2.24, 2.45) is 5.41 Å². The molecule has 0 atom stereocenters. The lowest BCUT2D eigenvalue weighted by atomic mass is 9.91. The molecule has 0 saturated carbocycles. The highest BCUT2D eigenvalue weighted by atomic mass is 16.4. The third-order valence-electron chi connectivity index (χ3n) is 2.86.